The molecule has 5 nitrogen and oxygen atoms in total. The first-order valence-corrected chi connectivity index (χ1v) is 6.47. The molecule has 0 spiro atoms. The number of carbonyl (C=O) groups is 2. The van der Waals surface area contributed by atoms with Crippen molar-refractivity contribution in [3.8, 4) is 0 Å². The molecule has 0 aliphatic carbocycles. The number of hydrogen-bond acceptors (Lipinski definition) is 3. The Morgan fingerprint density at radius 2 is 1.38 bits per heavy atom. The first kappa shape index (κ1) is 14.7. The highest BCUT2D eigenvalue weighted by Gasteiger charge is 2.43. The van der Waals surface area contributed by atoms with Crippen molar-refractivity contribution in [2.75, 3.05) is 6.54 Å². The van der Waals surface area contributed by atoms with Crippen molar-refractivity contribution in [2.45, 2.75) is 5.54 Å². The second kappa shape index (κ2) is 6.19. The largest absolute Gasteiger partial charge is 0.479 e. The Morgan fingerprint density at radius 1 is 0.952 bits per heavy atom. The third-order valence-corrected chi connectivity index (χ3v) is 3.25. The number of aliphatic carboxylic acids is 1. The molecule has 2 rings (SSSR count). The minimum absolute atomic E-state index is 0.283. The summed E-state index contributed by atoms with van der Waals surface area (Å²) < 4.78 is 0. The van der Waals surface area contributed by atoms with Crippen molar-refractivity contribution in [2.24, 2.45) is 5.73 Å². The lowest BCUT2D eigenvalue weighted by Gasteiger charge is -2.31. The van der Waals surface area contributed by atoms with E-state index < -0.39 is 17.4 Å². The van der Waals surface area contributed by atoms with Gasteiger partial charge in [0.2, 0.25) is 5.91 Å². The maximum absolute atomic E-state index is 12.0. The highest BCUT2D eigenvalue weighted by Crippen LogP contribution is 2.30. The van der Waals surface area contributed by atoms with Crippen LogP contribution in [0.2, 0.25) is 0 Å². The van der Waals surface area contributed by atoms with Gasteiger partial charge in [-0.15, -0.1) is 0 Å². The standard InChI is InChI=1S/C16H16N2O3/c17-11-14(19)18-16(15(20)21,12-7-3-1-4-8-12)13-9-5-2-6-10-13/h1-10H,11,17H2,(H,18,19)(H,20,21). The van der Waals surface area contributed by atoms with Crippen molar-refractivity contribution in [1.29, 1.82) is 0 Å². The first-order chi connectivity index (χ1) is 10.1. The first-order valence-electron chi connectivity index (χ1n) is 6.47. The lowest BCUT2D eigenvalue weighted by molar-refractivity contribution is -0.146. The molecule has 1 amide bonds. The van der Waals surface area contributed by atoms with Gasteiger partial charge in [0.15, 0.2) is 5.54 Å². The Kier molecular flexibility index (Phi) is 4.35. The molecule has 2 aromatic rings. The van der Waals surface area contributed by atoms with E-state index in [1.807, 2.05) is 0 Å². The molecular weight excluding hydrogens is 268 g/mol. The summed E-state index contributed by atoms with van der Waals surface area (Å²) in [6, 6.07) is 17.1. The van der Waals surface area contributed by atoms with Crippen molar-refractivity contribution >= 4 is 11.9 Å². The number of hydrogen-bond donors (Lipinski definition) is 3. The molecule has 4 N–H and O–H groups in total. The predicted octanol–water partition coefficient (Wildman–Crippen LogP) is 1.09. The van der Waals surface area contributed by atoms with E-state index in [2.05, 4.69) is 5.32 Å². The zero-order valence-electron chi connectivity index (χ0n) is 11.3. The molecule has 0 unspecified atom stereocenters. The summed E-state index contributed by atoms with van der Waals surface area (Å²) in [5, 5.41) is 12.4. The maximum Gasteiger partial charge on any atom is 0.338 e. The van der Waals surface area contributed by atoms with Gasteiger partial charge in [-0.2, -0.15) is 0 Å². The van der Waals surface area contributed by atoms with E-state index in [4.69, 9.17) is 5.73 Å². The Balaban J connectivity index is 2.66. The quantitative estimate of drug-likeness (QED) is 0.766. The van der Waals surface area contributed by atoms with Crippen LogP contribution in [0.5, 0.6) is 0 Å². The third kappa shape index (κ3) is 2.78. The molecule has 0 atom stereocenters. The van der Waals surface area contributed by atoms with Gasteiger partial charge in [0.05, 0.1) is 6.54 Å². The van der Waals surface area contributed by atoms with Gasteiger partial charge in [0, 0.05) is 0 Å². The maximum atomic E-state index is 12.0. The van der Waals surface area contributed by atoms with E-state index in [0.29, 0.717) is 11.1 Å². The minimum atomic E-state index is -1.65. The number of carboxylic acids is 1. The second-order valence-corrected chi connectivity index (χ2v) is 4.54. The topological polar surface area (TPSA) is 92.4 Å². The Hall–Kier alpha value is -2.66. The van der Waals surface area contributed by atoms with Crippen LogP contribution in [0.4, 0.5) is 0 Å². The van der Waals surface area contributed by atoms with Crippen LogP contribution in [0, 0.1) is 0 Å². The van der Waals surface area contributed by atoms with E-state index in [1.54, 1.807) is 60.7 Å². The van der Waals surface area contributed by atoms with Crippen LogP contribution in [0.15, 0.2) is 60.7 Å². The summed E-state index contributed by atoms with van der Waals surface area (Å²) in [4.78, 5) is 23.8. The van der Waals surface area contributed by atoms with E-state index in [1.165, 1.54) is 0 Å². The van der Waals surface area contributed by atoms with Gasteiger partial charge in [-0.3, -0.25) is 4.79 Å². The zero-order chi connectivity index (χ0) is 15.3. The SMILES string of the molecule is NCC(=O)NC(C(=O)O)(c1ccccc1)c1ccccc1. The number of benzene rings is 2. The van der Waals surface area contributed by atoms with Gasteiger partial charge in [-0.05, 0) is 11.1 Å². The molecule has 0 aliphatic rings. The molecule has 108 valence electrons. The molecule has 0 saturated heterocycles. The van der Waals surface area contributed by atoms with E-state index in [9.17, 15) is 14.7 Å². The molecule has 21 heavy (non-hydrogen) atoms. The number of nitrogens with two attached hydrogens (primary N) is 1. The lowest BCUT2D eigenvalue weighted by atomic mass is 9.82. The molecule has 5 heteroatoms. The minimum Gasteiger partial charge on any atom is -0.479 e. The molecule has 0 heterocycles. The molecule has 0 fully saturated rings. The average Bonchev–Trinajstić information content (AvgIpc) is 2.53. The molecule has 2 aromatic carbocycles. The fourth-order valence-corrected chi connectivity index (χ4v) is 2.25. The molecule has 0 aromatic heterocycles. The molecule has 0 radical (unpaired) electrons. The highest BCUT2D eigenvalue weighted by atomic mass is 16.4. The van der Waals surface area contributed by atoms with Crippen molar-refractivity contribution in [3.63, 3.8) is 0 Å². The van der Waals surface area contributed by atoms with Gasteiger partial charge < -0.3 is 16.2 Å². The smallest absolute Gasteiger partial charge is 0.338 e. The summed E-state index contributed by atoms with van der Waals surface area (Å²) in [6.45, 7) is -0.283. The van der Waals surface area contributed by atoms with Crippen molar-refractivity contribution in [1.82, 2.24) is 5.32 Å². The summed E-state index contributed by atoms with van der Waals surface area (Å²) in [5.41, 5.74) is 4.60. The second-order valence-electron chi connectivity index (χ2n) is 4.54. The van der Waals surface area contributed by atoms with Crippen LogP contribution in [0.25, 0.3) is 0 Å². The zero-order valence-corrected chi connectivity index (χ0v) is 11.3. The van der Waals surface area contributed by atoms with Crippen molar-refractivity contribution < 1.29 is 14.7 Å². The van der Waals surface area contributed by atoms with Gasteiger partial charge in [-0.1, -0.05) is 60.7 Å². The predicted molar refractivity (Wildman–Crippen MR) is 78.5 cm³/mol. The summed E-state index contributed by atoms with van der Waals surface area (Å²) in [7, 11) is 0. The fourth-order valence-electron chi connectivity index (χ4n) is 2.25. The summed E-state index contributed by atoms with van der Waals surface area (Å²) >= 11 is 0. The van der Waals surface area contributed by atoms with Crippen LogP contribution in [-0.2, 0) is 15.1 Å². The number of carboxylic acid groups (broad SMARTS) is 1. The van der Waals surface area contributed by atoms with Crippen molar-refractivity contribution in [3.05, 3.63) is 71.8 Å². The van der Waals surface area contributed by atoms with E-state index in [0.717, 1.165) is 0 Å². The summed E-state index contributed by atoms with van der Waals surface area (Å²) in [5.74, 6) is -1.70. The lowest BCUT2D eigenvalue weighted by Crippen LogP contribution is -2.54. The normalized spacial score (nSPS) is 10.9. The van der Waals surface area contributed by atoms with Crippen LogP contribution < -0.4 is 11.1 Å². The van der Waals surface area contributed by atoms with Crippen LogP contribution >= 0.6 is 0 Å². The molecule has 0 aliphatic heterocycles. The Morgan fingerprint density at radius 3 is 1.71 bits per heavy atom. The third-order valence-electron chi connectivity index (χ3n) is 3.25. The number of rotatable bonds is 5. The van der Waals surface area contributed by atoms with Gasteiger partial charge in [-0.25, -0.2) is 4.79 Å². The Bertz CT molecular complexity index is 587. The van der Waals surface area contributed by atoms with E-state index >= 15 is 0 Å². The Labute approximate surface area is 122 Å². The monoisotopic (exact) mass is 284 g/mol. The van der Waals surface area contributed by atoms with Gasteiger partial charge in [0.25, 0.3) is 0 Å². The average molecular weight is 284 g/mol. The van der Waals surface area contributed by atoms with Gasteiger partial charge in [0.1, 0.15) is 0 Å². The molecule has 0 bridgehead atoms. The number of nitrogens with one attached hydrogen (secondary N) is 1. The molecule has 0 saturated carbocycles. The number of amides is 1. The summed E-state index contributed by atoms with van der Waals surface area (Å²) in [6.07, 6.45) is 0. The van der Waals surface area contributed by atoms with Gasteiger partial charge >= 0.3 is 5.97 Å². The van der Waals surface area contributed by atoms with Crippen LogP contribution in [-0.4, -0.2) is 23.5 Å². The van der Waals surface area contributed by atoms with Crippen LogP contribution in [0.1, 0.15) is 11.1 Å². The fraction of sp³-hybridized carbons (Fsp3) is 0.125. The molecular formula is C16H16N2O3. The highest BCUT2D eigenvalue weighted by molar-refractivity contribution is 5.92. The van der Waals surface area contributed by atoms with Crippen LogP contribution in [0.3, 0.4) is 0 Å². The number of carbonyl (C=O) groups excluding carboxylic acids is 1. The van der Waals surface area contributed by atoms with E-state index in [-0.39, 0.29) is 6.54 Å².